The molecule has 17 heavy (non-hydrogen) atoms. The van der Waals surface area contributed by atoms with Crippen molar-refractivity contribution in [3.63, 3.8) is 0 Å². The first-order valence-corrected chi connectivity index (χ1v) is 5.78. The van der Waals surface area contributed by atoms with Crippen LogP contribution in [0, 0.1) is 5.82 Å². The maximum atomic E-state index is 13.6. The molecule has 0 amide bonds. The van der Waals surface area contributed by atoms with Crippen LogP contribution in [0.1, 0.15) is 24.8 Å². The Morgan fingerprint density at radius 1 is 1.53 bits per heavy atom. The second-order valence-electron chi connectivity index (χ2n) is 4.36. The van der Waals surface area contributed by atoms with Gasteiger partial charge in [-0.05, 0) is 18.1 Å². The Hall–Kier alpha value is -1.42. The molecule has 1 fully saturated rings. The summed E-state index contributed by atoms with van der Waals surface area (Å²) < 4.78 is 18.5. The summed E-state index contributed by atoms with van der Waals surface area (Å²) in [6.07, 6.45) is 0.800. The van der Waals surface area contributed by atoms with Crippen molar-refractivity contribution in [2.75, 3.05) is 13.2 Å². The van der Waals surface area contributed by atoms with Gasteiger partial charge in [-0.15, -0.1) is 0 Å². The SMILES string of the molecule is CC(=O)OC[C@@H]1C[C@H](c2ccccc2F)CN1. The van der Waals surface area contributed by atoms with Crippen LogP contribution in [-0.2, 0) is 9.53 Å². The zero-order chi connectivity index (χ0) is 12.3. The summed E-state index contributed by atoms with van der Waals surface area (Å²) in [7, 11) is 0. The largest absolute Gasteiger partial charge is 0.464 e. The van der Waals surface area contributed by atoms with Crippen LogP contribution in [0.2, 0.25) is 0 Å². The van der Waals surface area contributed by atoms with Crippen molar-refractivity contribution >= 4 is 5.97 Å². The van der Waals surface area contributed by atoms with E-state index in [4.69, 9.17) is 4.74 Å². The minimum atomic E-state index is -0.277. The minimum Gasteiger partial charge on any atom is -0.464 e. The predicted octanol–water partition coefficient (Wildman–Crippen LogP) is 1.83. The fraction of sp³-hybridized carbons (Fsp3) is 0.462. The Kier molecular flexibility index (Phi) is 3.74. The number of hydrogen-bond donors (Lipinski definition) is 1. The smallest absolute Gasteiger partial charge is 0.302 e. The number of nitrogens with one attached hydrogen (secondary N) is 1. The van der Waals surface area contributed by atoms with E-state index in [2.05, 4.69) is 5.32 Å². The zero-order valence-electron chi connectivity index (χ0n) is 9.78. The third-order valence-electron chi connectivity index (χ3n) is 3.05. The van der Waals surface area contributed by atoms with E-state index in [9.17, 15) is 9.18 Å². The molecule has 1 N–H and O–H groups in total. The van der Waals surface area contributed by atoms with E-state index in [1.165, 1.54) is 13.0 Å². The molecule has 0 unspecified atom stereocenters. The first kappa shape index (κ1) is 12.0. The second-order valence-corrected chi connectivity index (χ2v) is 4.36. The predicted molar refractivity (Wildman–Crippen MR) is 62.2 cm³/mol. The topological polar surface area (TPSA) is 38.3 Å². The molecule has 1 heterocycles. The average molecular weight is 237 g/mol. The Morgan fingerprint density at radius 3 is 3.00 bits per heavy atom. The normalized spacial score (nSPS) is 23.6. The number of carbonyl (C=O) groups excluding carboxylic acids is 1. The minimum absolute atomic E-state index is 0.128. The third kappa shape index (κ3) is 3.03. The standard InChI is InChI=1S/C13H16FNO2/c1-9(16)17-8-11-6-10(7-15-11)12-4-2-3-5-13(12)14/h2-5,10-11,15H,6-8H2,1H3/t10-,11-/m0/s1. The van der Waals surface area contributed by atoms with E-state index in [0.29, 0.717) is 6.61 Å². The lowest BCUT2D eigenvalue weighted by atomic mass is 9.96. The van der Waals surface area contributed by atoms with Gasteiger partial charge in [0.1, 0.15) is 12.4 Å². The fourth-order valence-electron chi connectivity index (χ4n) is 2.21. The van der Waals surface area contributed by atoms with Gasteiger partial charge in [-0.25, -0.2) is 4.39 Å². The molecule has 0 aliphatic carbocycles. The van der Waals surface area contributed by atoms with Gasteiger partial charge in [0.25, 0.3) is 0 Å². The van der Waals surface area contributed by atoms with Crippen molar-refractivity contribution in [2.24, 2.45) is 0 Å². The van der Waals surface area contributed by atoms with Gasteiger partial charge in [-0.3, -0.25) is 4.79 Å². The molecule has 4 heteroatoms. The third-order valence-corrected chi connectivity index (χ3v) is 3.05. The van der Waals surface area contributed by atoms with Crippen LogP contribution in [0.25, 0.3) is 0 Å². The molecule has 1 aliphatic heterocycles. The van der Waals surface area contributed by atoms with Crippen molar-refractivity contribution < 1.29 is 13.9 Å². The molecule has 1 aliphatic rings. The fourth-order valence-corrected chi connectivity index (χ4v) is 2.21. The number of hydrogen-bond acceptors (Lipinski definition) is 3. The summed E-state index contributed by atoms with van der Waals surface area (Å²) in [5.74, 6) is -0.273. The van der Waals surface area contributed by atoms with Crippen LogP contribution in [0.5, 0.6) is 0 Å². The van der Waals surface area contributed by atoms with Gasteiger partial charge < -0.3 is 10.1 Å². The molecule has 1 aromatic rings. The first-order chi connectivity index (χ1) is 8.16. The summed E-state index contributed by atoms with van der Waals surface area (Å²) in [6, 6.07) is 6.96. The van der Waals surface area contributed by atoms with Gasteiger partial charge in [-0.2, -0.15) is 0 Å². The Labute approximate surface area is 100.0 Å². The number of esters is 1. The summed E-state index contributed by atoms with van der Waals surface area (Å²) in [5, 5.41) is 3.24. The maximum Gasteiger partial charge on any atom is 0.302 e. The van der Waals surface area contributed by atoms with E-state index in [1.54, 1.807) is 6.07 Å². The van der Waals surface area contributed by atoms with E-state index in [1.807, 2.05) is 12.1 Å². The Morgan fingerprint density at radius 2 is 2.29 bits per heavy atom. The maximum absolute atomic E-state index is 13.6. The lowest BCUT2D eigenvalue weighted by Gasteiger charge is -2.11. The van der Waals surface area contributed by atoms with E-state index in [0.717, 1.165) is 18.5 Å². The number of carbonyl (C=O) groups is 1. The highest BCUT2D eigenvalue weighted by atomic mass is 19.1. The van der Waals surface area contributed by atoms with E-state index >= 15 is 0 Å². The monoisotopic (exact) mass is 237 g/mol. The van der Waals surface area contributed by atoms with Gasteiger partial charge in [0.2, 0.25) is 0 Å². The molecule has 1 saturated heterocycles. The molecule has 0 spiro atoms. The quantitative estimate of drug-likeness (QED) is 0.815. The van der Waals surface area contributed by atoms with Gasteiger partial charge in [-0.1, -0.05) is 18.2 Å². The molecule has 0 saturated carbocycles. The Balaban J connectivity index is 1.94. The van der Waals surface area contributed by atoms with Crippen molar-refractivity contribution in [1.29, 1.82) is 0 Å². The van der Waals surface area contributed by atoms with Crippen LogP contribution in [-0.4, -0.2) is 25.2 Å². The van der Waals surface area contributed by atoms with Gasteiger partial charge in [0, 0.05) is 25.4 Å². The molecule has 0 radical (unpaired) electrons. The van der Waals surface area contributed by atoms with E-state index in [-0.39, 0.29) is 23.7 Å². The number of halogens is 1. The van der Waals surface area contributed by atoms with Crippen molar-refractivity contribution in [2.45, 2.75) is 25.3 Å². The molecule has 0 aromatic heterocycles. The van der Waals surface area contributed by atoms with Gasteiger partial charge in [0.15, 0.2) is 0 Å². The van der Waals surface area contributed by atoms with Crippen molar-refractivity contribution in [3.8, 4) is 0 Å². The lowest BCUT2D eigenvalue weighted by Crippen LogP contribution is -2.27. The summed E-state index contributed by atoms with van der Waals surface area (Å²) in [4.78, 5) is 10.7. The molecule has 92 valence electrons. The highest BCUT2D eigenvalue weighted by Gasteiger charge is 2.27. The van der Waals surface area contributed by atoms with Crippen LogP contribution in [0.4, 0.5) is 4.39 Å². The highest BCUT2D eigenvalue weighted by Crippen LogP contribution is 2.27. The highest BCUT2D eigenvalue weighted by molar-refractivity contribution is 5.65. The molecule has 2 atom stereocenters. The average Bonchev–Trinajstić information content (AvgIpc) is 2.75. The molecular formula is C13H16FNO2. The van der Waals surface area contributed by atoms with E-state index < -0.39 is 0 Å². The van der Waals surface area contributed by atoms with Crippen LogP contribution in [0.3, 0.4) is 0 Å². The number of benzene rings is 1. The van der Waals surface area contributed by atoms with Crippen LogP contribution >= 0.6 is 0 Å². The molecular weight excluding hydrogens is 221 g/mol. The number of rotatable bonds is 3. The molecule has 3 nitrogen and oxygen atoms in total. The van der Waals surface area contributed by atoms with Gasteiger partial charge >= 0.3 is 5.97 Å². The number of ether oxygens (including phenoxy) is 1. The summed E-state index contributed by atoms with van der Waals surface area (Å²) >= 11 is 0. The summed E-state index contributed by atoms with van der Waals surface area (Å²) in [6.45, 7) is 2.48. The Bertz CT molecular complexity index is 408. The molecule has 0 bridgehead atoms. The zero-order valence-corrected chi connectivity index (χ0v) is 9.78. The first-order valence-electron chi connectivity index (χ1n) is 5.78. The molecule has 1 aromatic carbocycles. The lowest BCUT2D eigenvalue weighted by molar-refractivity contribution is -0.141. The van der Waals surface area contributed by atoms with Gasteiger partial charge in [0.05, 0.1) is 0 Å². The van der Waals surface area contributed by atoms with Crippen molar-refractivity contribution in [1.82, 2.24) is 5.32 Å². The van der Waals surface area contributed by atoms with Crippen molar-refractivity contribution in [3.05, 3.63) is 35.6 Å². The molecule has 2 rings (SSSR count). The van der Waals surface area contributed by atoms with Crippen LogP contribution < -0.4 is 5.32 Å². The second kappa shape index (κ2) is 5.27. The van der Waals surface area contributed by atoms with Crippen LogP contribution in [0.15, 0.2) is 24.3 Å². The summed E-state index contributed by atoms with van der Waals surface area (Å²) in [5.41, 5.74) is 0.741.